The predicted molar refractivity (Wildman–Crippen MR) is 83.7 cm³/mol. The molecule has 0 spiro atoms. The zero-order chi connectivity index (χ0) is 16.4. The summed E-state index contributed by atoms with van der Waals surface area (Å²) in [7, 11) is 0. The molecule has 1 aromatic rings. The molecule has 0 aromatic heterocycles. The van der Waals surface area contributed by atoms with E-state index in [9.17, 15) is 9.59 Å². The van der Waals surface area contributed by atoms with Gasteiger partial charge in [0.1, 0.15) is 11.5 Å². The van der Waals surface area contributed by atoms with Crippen molar-refractivity contribution >= 4 is 11.8 Å². The van der Waals surface area contributed by atoms with Crippen molar-refractivity contribution in [2.45, 2.75) is 59.4 Å². The Kier molecular flexibility index (Phi) is 5.29. The van der Waals surface area contributed by atoms with Gasteiger partial charge in [0.25, 0.3) is 5.97 Å². The van der Waals surface area contributed by atoms with Gasteiger partial charge in [0.05, 0.1) is 0 Å². The van der Waals surface area contributed by atoms with Crippen LogP contribution in [0.15, 0.2) is 12.1 Å². The van der Waals surface area contributed by atoms with Crippen molar-refractivity contribution in [2.75, 3.05) is 0 Å². The van der Waals surface area contributed by atoms with Gasteiger partial charge in [0.15, 0.2) is 0 Å². The monoisotopic (exact) mass is 290 g/mol. The molecule has 1 unspecified atom stereocenters. The maximum absolute atomic E-state index is 11.8. The maximum atomic E-state index is 11.8. The van der Waals surface area contributed by atoms with Crippen LogP contribution in [0.3, 0.4) is 0 Å². The summed E-state index contributed by atoms with van der Waals surface area (Å²) in [6.07, 6.45) is 0.373. The van der Waals surface area contributed by atoms with Gasteiger partial charge in [0.2, 0.25) is 0 Å². The third kappa shape index (κ3) is 4.14. The number of Topliss-reactive ketones (excluding diaryl/α,β-unsaturated/α-hetero) is 1. The lowest BCUT2D eigenvalue weighted by Crippen LogP contribution is -2.26. The summed E-state index contributed by atoms with van der Waals surface area (Å²) in [5, 5.41) is 0. The summed E-state index contributed by atoms with van der Waals surface area (Å²) >= 11 is 0. The first kappa shape index (κ1) is 17.4. The van der Waals surface area contributed by atoms with E-state index in [1.54, 1.807) is 6.92 Å². The van der Waals surface area contributed by atoms with Gasteiger partial charge >= 0.3 is 0 Å². The Labute approximate surface area is 126 Å². The number of ketones is 1. The molecule has 0 radical (unpaired) electrons. The first-order chi connectivity index (χ1) is 9.56. The van der Waals surface area contributed by atoms with Crippen LogP contribution in [0.4, 0.5) is 0 Å². The highest BCUT2D eigenvalue weighted by molar-refractivity contribution is 5.81. The Bertz CT molecular complexity index is 559. The fraction of sp³-hybridized carbons (Fsp3) is 0.529. The van der Waals surface area contributed by atoms with Gasteiger partial charge in [-0.3, -0.25) is 9.59 Å². The molecule has 0 saturated carbocycles. The van der Waals surface area contributed by atoms with Crippen molar-refractivity contribution in [3.8, 4) is 5.75 Å². The largest absolute Gasteiger partial charge is 0.666 e. The summed E-state index contributed by atoms with van der Waals surface area (Å²) in [4.78, 5) is 23.3. The lowest BCUT2D eigenvalue weighted by atomic mass is 9.77. The highest BCUT2D eigenvalue weighted by atomic mass is 16.5. The number of benzene rings is 1. The molecule has 116 valence electrons. The topological polar surface area (TPSA) is 67.2 Å². The molecular formula is C17H24NO3-. The Morgan fingerprint density at radius 1 is 1.24 bits per heavy atom. The molecular weight excluding hydrogens is 266 g/mol. The number of carbonyl (C=O) groups is 2. The van der Waals surface area contributed by atoms with Crippen LogP contribution in [-0.2, 0) is 15.0 Å². The Morgan fingerprint density at radius 2 is 1.76 bits per heavy atom. The van der Waals surface area contributed by atoms with Gasteiger partial charge in [-0.1, -0.05) is 32.9 Å². The molecule has 21 heavy (non-hydrogen) atoms. The maximum Gasteiger partial charge on any atom is 0.292 e. The summed E-state index contributed by atoms with van der Waals surface area (Å²) in [6, 6.07) is 2.92. The quantitative estimate of drug-likeness (QED) is 0.610. The lowest BCUT2D eigenvalue weighted by molar-refractivity contribution is -0.134. The summed E-state index contributed by atoms with van der Waals surface area (Å²) < 4.78 is 5.45. The van der Waals surface area contributed by atoms with Crippen LogP contribution in [0, 0.1) is 13.8 Å². The molecule has 0 aliphatic heterocycles. The molecule has 1 atom stereocenters. The Morgan fingerprint density at radius 3 is 2.24 bits per heavy atom. The van der Waals surface area contributed by atoms with E-state index in [0.29, 0.717) is 12.2 Å². The normalized spacial score (nSPS) is 12.9. The van der Waals surface area contributed by atoms with Crippen LogP contribution < -0.4 is 4.74 Å². The van der Waals surface area contributed by atoms with Crippen molar-refractivity contribution in [1.82, 2.24) is 0 Å². The molecule has 1 N–H and O–H groups in total. The highest BCUT2D eigenvalue weighted by Gasteiger charge is 2.29. The predicted octanol–water partition coefficient (Wildman–Crippen LogP) is 3.91. The second-order valence-corrected chi connectivity index (χ2v) is 6.31. The first-order valence-electron chi connectivity index (χ1n) is 7.09. The number of nitrogens with one attached hydrogen (secondary N) is 1. The minimum Gasteiger partial charge on any atom is -0.666 e. The van der Waals surface area contributed by atoms with E-state index in [4.69, 9.17) is 10.5 Å². The van der Waals surface area contributed by atoms with E-state index in [2.05, 4.69) is 0 Å². The molecule has 1 rings (SSSR count). The minimum atomic E-state index is -0.936. The van der Waals surface area contributed by atoms with Crippen molar-refractivity contribution in [1.29, 1.82) is 0 Å². The Balaban J connectivity index is 3.39. The van der Waals surface area contributed by atoms with Crippen LogP contribution in [0.5, 0.6) is 5.75 Å². The van der Waals surface area contributed by atoms with Gasteiger partial charge in [-0.05, 0) is 37.9 Å². The molecule has 0 amide bonds. The van der Waals surface area contributed by atoms with Crippen LogP contribution in [0.1, 0.15) is 50.8 Å². The van der Waals surface area contributed by atoms with Crippen molar-refractivity contribution in [3.05, 3.63) is 34.6 Å². The van der Waals surface area contributed by atoms with E-state index in [1.165, 1.54) is 6.92 Å². The van der Waals surface area contributed by atoms with Gasteiger partial charge in [-0.25, -0.2) is 0 Å². The molecule has 0 aliphatic carbocycles. The number of hydrogen-bond acceptors (Lipinski definition) is 3. The Hall–Kier alpha value is -1.68. The fourth-order valence-corrected chi connectivity index (χ4v) is 2.66. The number of hydrogen-bond donors (Lipinski definition) is 0. The van der Waals surface area contributed by atoms with Crippen molar-refractivity contribution in [2.24, 2.45) is 0 Å². The zero-order valence-electron chi connectivity index (χ0n) is 13.7. The standard InChI is InChI=1S/C17H24NO3/c1-10-7-8-11(2)15(21-16(20)13(4)18)14(10)17(5,6)9-12(3)19/h7-8,13,18H,9H2,1-6H3/q-1. The molecule has 0 aliphatic rings. The zero-order valence-corrected chi connectivity index (χ0v) is 13.7. The summed E-state index contributed by atoms with van der Waals surface area (Å²) in [5.41, 5.74) is 9.72. The number of ether oxygens (including phenoxy) is 1. The third-order valence-electron chi connectivity index (χ3n) is 3.49. The smallest absolute Gasteiger partial charge is 0.292 e. The summed E-state index contributed by atoms with van der Waals surface area (Å²) in [5.74, 6) is 0.000896. The molecule has 4 nitrogen and oxygen atoms in total. The van der Waals surface area contributed by atoms with Crippen LogP contribution in [0.25, 0.3) is 5.73 Å². The third-order valence-corrected chi connectivity index (χ3v) is 3.49. The number of esters is 1. The first-order valence-corrected chi connectivity index (χ1v) is 7.09. The molecule has 1 aromatic carbocycles. The SMILES string of the molecule is CC(=O)CC(C)(C)c1c(C)ccc(C)c1OC(=O)C(C)[NH-]. The molecule has 4 heteroatoms. The van der Waals surface area contributed by atoms with Gasteiger partial charge in [0, 0.05) is 17.4 Å². The van der Waals surface area contributed by atoms with E-state index in [-0.39, 0.29) is 5.78 Å². The van der Waals surface area contributed by atoms with E-state index >= 15 is 0 Å². The van der Waals surface area contributed by atoms with Gasteiger partial charge < -0.3 is 10.5 Å². The minimum absolute atomic E-state index is 0.0899. The lowest BCUT2D eigenvalue weighted by Gasteiger charge is -2.29. The number of carbonyl (C=O) groups excluding carboxylic acids is 2. The van der Waals surface area contributed by atoms with Crippen LogP contribution >= 0.6 is 0 Å². The highest BCUT2D eigenvalue weighted by Crippen LogP contribution is 2.39. The fourth-order valence-electron chi connectivity index (χ4n) is 2.66. The second-order valence-electron chi connectivity index (χ2n) is 6.31. The number of rotatable bonds is 5. The average molecular weight is 290 g/mol. The van der Waals surface area contributed by atoms with E-state index in [1.807, 2.05) is 39.8 Å². The van der Waals surface area contributed by atoms with E-state index in [0.717, 1.165) is 16.7 Å². The molecule has 0 saturated heterocycles. The van der Waals surface area contributed by atoms with Crippen molar-refractivity contribution < 1.29 is 14.3 Å². The molecule has 0 heterocycles. The average Bonchev–Trinajstić information content (AvgIpc) is 2.31. The van der Waals surface area contributed by atoms with Crippen molar-refractivity contribution in [3.63, 3.8) is 0 Å². The van der Waals surface area contributed by atoms with Crippen LogP contribution in [-0.4, -0.2) is 17.8 Å². The van der Waals surface area contributed by atoms with Gasteiger partial charge in [-0.2, -0.15) is 0 Å². The summed E-state index contributed by atoms with van der Waals surface area (Å²) in [6.45, 7) is 10.8. The molecule has 0 fully saturated rings. The van der Waals surface area contributed by atoms with E-state index < -0.39 is 17.4 Å². The second kappa shape index (κ2) is 6.39. The van der Waals surface area contributed by atoms with Gasteiger partial charge in [-0.15, -0.1) is 0 Å². The number of aryl methyl sites for hydroxylation is 2. The van der Waals surface area contributed by atoms with Crippen LogP contribution in [0.2, 0.25) is 0 Å². The molecule has 0 bridgehead atoms.